The predicted molar refractivity (Wildman–Crippen MR) is 156 cm³/mol. The van der Waals surface area contributed by atoms with Gasteiger partial charge in [-0.15, -0.1) is 0 Å². The third-order valence-electron chi connectivity index (χ3n) is 8.44. The fourth-order valence-corrected chi connectivity index (χ4v) is 6.44. The van der Waals surface area contributed by atoms with Gasteiger partial charge in [-0.1, -0.05) is 97.1 Å². The zero-order valence-electron chi connectivity index (χ0n) is 24.4. The predicted octanol–water partition coefficient (Wildman–Crippen LogP) is 12.3. The molecule has 5 rings (SSSR count). The highest BCUT2D eigenvalue weighted by atomic mass is 19.4. The van der Waals surface area contributed by atoms with E-state index in [-0.39, 0.29) is 22.3 Å². The Hall–Kier alpha value is -4.48. The lowest BCUT2D eigenvalue weighted by molar-refractivity contribution is -0.140. The molecule has 4 aromatic rings. The smallest absolute Gasteiger partial charge is 0.166 e. The van der Waals surface area contributed by atoms with Crippen LogP contribution in [0.15, 0.2) is 109 Å². The molecule has 0 unspecified atom stereocenters. The van der Waals surface area contributed by atoms with Crippen molar-refractivity contribution in [2.75, 3.05) is 0 Å². The topological polar surface area (TPSA) is 0 Å². The number of allylic oxidation sites excluding steroid dienone is 2. The van der Waals surface area contributed by atoms with Gasteiger partial charge in [0.2, 0.25) is 0 Å². The SMILES string of the molecule is FC(F)(F)c1ccccc1/C=C/C1C(c2ccccc2C(F)(F)F)C(/C=C/c2ccccc2C(F)(F)F)C1c1ccccc1C(F)(F)F. The molecule has 0 nitrogen and oxygen atoms in total. The van der Waals surface area contributed by atoms with E-state index in [1.165, 1.54) is 24.3 Å². The number of halogens is 12. The minimum Gasteiger partial charge on any atom is -0.166 e. The van der Waals surface area contributed by atoms with E-state index in [2.05, 4.69) is 0 Å². The van der Waals surface area contributed by atoms with E-state index in [9.17, 15) is 52.7 Å². The minimum absolute atomic E-state index is 0.358. The number of hydrogen-bond donors (Lipinski definition) is 0. The Kier molecular flexibility index (Phi) is 9.33. The molecule has 1 aliphatic carbocycles. The molecule has 1 saturated carbocycles. The van der Waals surface area contributed by atoms with E-state index in [0.717, 1.165) is 97.1 Å². The van der Waals surface area contributed by atoms with Gasteiger partial charge >= 0.3 is 24.7 Å². The summed E-state index contributed by atoms with van der Waals surface area (Å²) in [7, 11) is 0. The molecule has 12 heteroatoms. The molecule has 0 radical (unpaired) electrons. The molecule has 4 aromatic carbocycles. The van der Waals surface area contributed by atoms with E-state index in [1.807, 2.05) is 0 Å². The van der Waals surface area contributed by atoms with Crippen LogP contribution in [-0.2, 0) is 24.7 Å². The van der Waals surface area contributed by atoms with Crippen molar-refractivity contribution in [3.05, 3.63) is 154 Å². The van der Waals surface area contributed by atoms with Crippen molar-refractivity contribution < 1.29 is 52.7 Å². The second kappa shape index (κ2) is 12.9. The van der Waals surface area contributed by atoms with Gasteiger partial charge in [-0.2, -0.15) is 52.7 Å². The number of rotatable bonds is 6. The van der Waals surface area contributed by atoms with Crippen LogP contribution < -0.4 is 0 Å². The van der Waals surface area contributed by atoms with Crippen molar-refractivity contribution in [3.8, 4) is 0 Å². The Labute approximate surface area is 267 Å². The van der Waals surface area contributed by atoms with Crippen LogP contribution in [-0.4, -0.2) is 0 Å². The monoisotopic (exact) mass is 684 g/mol. The van der Waals surface area contributed by atoms with E-state index in [0.29, 0.717) is 0 Å². The standard InChI is InChI=1S/C36H24F12/c37-33(38,39)27-13-5-1-9-21(27)17-19-25-31(23-11-3-7-15-29(23)35(43,44)45)26(20-18-22-10-2-6-14-28(22)34(40,41)42)32(25)24-12-4-8-16-30(24)36(46,47)48/h1-20,25-26,31-32H/b19-17+,20-18+. The molecule has 0 amide bonds. The molecule has 0 bridgehead atoms. The Morgan fingerprint density at radius 1 is 0.354 bits per heavy atom. The summed E-state index contributed by atoms with van der Waals surface area (Å²) in [4.78, 5) is 0. The maximum atomic E-state index is 14.3. The third kappa shape index (κ3) is 7.17. The summed E-state index contributed by atoms with van der Waals surface area (Å²) in [5, 5.41) is 0. The lowest BCUT2D eigenvalue weighted by atomic mass is 9.51. The lowest BCUT2D eigenvalue weighted by Crippen LogP contribution is -2.43. The normalized spacial score (nSPS) is 20.8. The largest absolute Gasteiger partial charge is 0.416 e. The van der Waals surface area contributed by atoms with Crippen LogP contribution in [0.1, 0.15) is 56.3 Å². The zero-order chi connectivity index (χ0) is 35.1. The van der Waals surface area contributed by atoms with Gasteiger partial charge in [0.05, 0.1) is 22.3 Å². The second-order valence-electron chi connectivity index (χ2n) is 11.3. The van der Waals surface area contributed by atoms with Crippen LogP contribution >= 0.6 is 0 Å². The van der Waals surface area contributed by atoms with Crippen LogP contribution in [0.25, 0.3) is 12.2 Å². The van der Waals surface area contributed by atoms with Gasteiger partial charge in [0.25, 0.3) is 0 Å². The highest BCUT2D eigenvalue weighted by Gasteiger charge is 2.53. The molecule has 1 fully saturated rings. The molecule has 0 aliphatic heterocycles. The van der Waals surface area contributed by atoms with Crippen molar-refractivity contribution >= 4 is 12.2 Å². The van der Waals surface area contributed by atoms with E-state index in [4.69, 9.17) is 0 Å². The molecular weight excluding hydrogens is 660 g/mol. The van der Waals surface area contributed by atoms with Crippen LogP contribution in [0.5, 0.6) is 0 Å². The molecule has 0 spiro atoms. The van der Waals surface area contributed by atoms with Gasteiger partial charge < -0.3 is 0 Å². The molecule has 48 heavy (non-hydrogen) atoms. The van der Waals surface area contributed by atoms with Crippen molar-refractivity contribution in [3.63, 3.8) is 0 Å². The molecule has 0 atom stereocenters. The van der Waals surface area contributed by atoms with E-state index in [1.54, 1.807) is 0 Å². The fourth-order valence-electron chi connectivity index (χ4n) is 6.44. The summed E-state index contributed by atoms with van der Waals surface area (Å²) in [5.41, 5.74) is -5.84. The van der Waals surface area contributed by atoms with Gasteiger partial charge in [-0.05, 0) is 70.2 Å². The maximum absolute atomic E-state index is 14.3. The minimum atomic E-state index is -4.93. The maximum Gasteiger partial charge on any atom is 0.416 e. The number of hydrogen-bond acceptors (Lipinski definition) is 0. The number of alkyl halides is 12. The Morgan fingerprint density at radius 3 is 0.938 bits per heavy atom. The highest BCUT2D eigenvalue weighted by molar-refractivity contribution is 5.59. The molecule has 0 N–H and O–H groups in total. The molecule has 1 aliphatic rings. The van der Waals surface area contributed by atoms with Crippen molar-refractivity contribution in [1.29, 1.82) is 0 Å². The Balaban J connectivity index is 1.75. The molecular formula is C36H24F12. The van der Waals surface area contributed by atoms with Gasteiger partial charge in [-0.25, -0.2) is 0 Å². The third-order valence-corrected chi connectivity index (χ3v) is 8.44. The first-order valence-corrected chi connectivity index (χ1v) is 14.4. The average Bonchev–Trinajstić information content (AvgIpc) is 2.99. The van der Waals surface area contributed by atoms with Gasteiger partial charge in [-0.3, -0.25) is 0 Å². The summed E-state index contributed by atoms with van der Waals surface area (Å²) < 4.78 is 169. The van der Waals surface area contributed by atoms with Crippen molar-refractivity contribution in [1.82, 2.24) is 0 Å². The summed E-state index contributed by atoms with van der Waals surface area (Å²) in [6.45, 7) is 0. The second-order valence-corrected chi connectivity index (χ2v) is 11.3. The van der Waals surface area contributed by atoms with Crippen LogP contribution in [0.4, 0.5) is 52.7 Å². The molecule has 0 saturated heterocycles. The first-order chi connectivity index (χ1) is 22.4. The quantitative estimate of drug-likeness (QED) is 0.177. The van der Waals surface area contributed by atoms with E-state index >= 15 is 0 Å². The van der Waals surface area contributed by atoms with Gasteiger partial charge in [0.15, 0.2) is 0 Å². The number of benzene rings is 4. The average molecular weight is 685 g/mol. The lowest BCUT2D eigenvalue weighted by Gasteiger charge is -2.52. The van der Waals surface area contributed by atoms with E-state index < -0.39 is 70.6 Å². The molecule has 0 heterocycles. The van der Waals surface area contributed by atoms with Crippen LogP contribution in [0, 0.1) is 11.8 Å². The van der Waals surface area contributed by atoms with Gasteiger partial charge in [0.1, 0.15) is 0 Å². The molecule has 252 valence electrons. The fraction of sp³-hybridized carbons (Fsp3) is 0.222. The zero-order valence-corrected chi connectivity index (χ0v) is 24.4. The molecule has 0 aromatic heterocycles. The first-order valence-electron chi connectivity index (χ1n) is 14.4. The van der Waals surface area contributed by atoms with Crippen molar-refractivity contribution in [2.24, 2.45) is 11.8 Å². The highest BCUT2D eigenvalue weighted by Crippen LogP contribution is 2.62. The van der Waals surface area contributed by atoms with Crippen LogP contribution in [0.2, 0.25) is 0 Å². The van der Waals surface area contributed by atoms with Gasteiger partial charge in [0, 0.05) is 0 Å². The Bertz CT molecular complexity index is 1660. The Morgan fingerprint density at radius 2 is 0.625 bits per heavy atom. The summed E-state index contributed by atoms with van der Waals surface area (Å²) in [5.74, 6) is -5.08. The summed E-state index contributed by atoms with van der Waals surface area (Å²) in [6.07, 6.45) is -15.1. The summed E-state index contributed by atoms with van der Waals surface area (Å²) >= 11 is 0. The first kappa shape index (κ1) is 34.8. The van der Waals surface area contributed by atoms with Crippen LogP contribution in [0.3, 0.4) is 0 Å². The van der Waals surface area contributed by atoms with Crippen molar-refractivity contribution in [2.45, 2.75) is 36.5 Å². The summed E-state index contributed by atoms with van der Waals surface area (Å²) in [6, 6.07) is 17.2.